The maximum Gasteiger partial charge on any atom is 0.346 e. The molecule has 0 aromatic heterocycles. The molecule has 0 fully saturated rings. The number of benzene rings is 1. The van der Waals surface area contributed by atoms with Crippen molar-refractivity contribution < 1.29 is 29.0 Å². The second-order valence-electron chi connectivity index (χ2n) is 3.89. The largest absolute Gasteiger partial charge is 0.478 e. The summed E-state index contributed by atoms with van der Waals surface area (Å²) in [5.74, 6) is -4.90. The molecule has 0 amide bonds. The third kappa shape index (κ3) is 3.48. The lowest BCUT2D eigenvalue weighted by molar-refractivity contribution is -0.145. The lowest BCUT2D eigenvalue weighted by Crippen LogP contribution is -2.25. The number of carboxylic acid groups (broad SMARTS) is 1. The molecule has 1 atom stereocenters. The third-order valence-electron chi connectivity index (χ3n) is 2.53. The SMILES string of the molecule is CC(=O)C(C)C(=O)OC(=O)c1ccccc1C(=O)O. The van der Waals surface area contributed by atoms with Crippen molar-refractivity contribution in [3.8, 4) is 0 Å². The van der Waals surface area contributed by atoms with E-state index in [1.54, 1.807) is 0 Å². The smallest absolute Gasteiger partial charge is 0.346 e. The van der Waals surface area contributed by atoms with E-state index in [2.05, 4.69) is 4.74 Å². The van der Waals surface area contributed by atoms with Gasteiger partial charge in [0, 0.05) is 0 Å². The molecule has 0 heterocycles. The van der Waals surface area contributed by atoms with Crippen LogP contribution in [0.3, 0.4) is 0 Å². The van der Waals surface area contributed by atoms with Crippen LogP contribution < -0.4 is 0 Å². The number of hydrogen-bond acceptors (Lipinski definition) is 5. The number of carbonyl (C=O) groups excluding carboxylic acids is 3. The minimum atomic E-state index is -1.31. The van der Waals surface area contributed by atoms with Gasteiger partial charge >= 0.3 is 17.9 Å². The van der Waals surface area contributed by atoms with E-state index in [0.29, 0.717) is 0 Å². The van der Waals surface area contributed by atoms with Gasteiger partial charge in [0.1, 0.15) is 11.7 Å². The molecule has 1 aromatic carbocycles. The normalized spacial score (nSPS) is 11.5. The second-order valence-corrected chi connectivity index (χ2v) is 3.89. The van der Waals surface area contributed by atoms with Crippen LogP contribution in [0.2, 0.25) is 0 Å². The fourth-order valence-corrected chi connectivity index (χ4v) is 1.25. The maximum atomic E-state index is 11.7. The van der Waals surface area contributed by atoms with Crippen LogP contribution in [0.5, 0.6) is 0 Å². The van der Waals surface area contributed by atoms with Gasteiger partial charge in [-0.25, -0.2) is 9.59 Å². The number of carbonyl (C=O) groups is 4. The minimum absolute atomic E-state index is 0.237. The quantitative estimate of drug-likeness (QED) is 0.650. The summed E-state index contributed by atoms with van der Waals surface area (Å²) in [5, 5.41) is 8.90. The van der Waals surface area contributed by atoms with E-state index >= 15 is 0 Å². The van der Waals surface area contributed by atoms with Crippen LogP contribution in [-0.4, -0.2) is 28.8 Å². The Morgan fingerprint density at radius 3 is 2.11 bits per heavy atom. The molecule has 0 aliphatic rings. The standard InChI is InChI=1S/C13H12O6/c1-7(8(2)14)12(17)19-13(18)10-6-4-3-5-9(10)11(15)16/h3-7H,1-2H3,(H,15,16). The van der Waals surface area contributed by atoms with Gasteiger partial charge in [0.05, 0.1) is 11.1 Å². The number of Topliss-reactive ketones (excluding diaryl/α,β-unsaturated/α-hetero) is 1. The number of carboxylic acids is 1. The molecular weight excluding hydrogens is 252 g/mol. The fourth-order valence-electron chi connectivity index (χ4n) is 1.25. The molecule has 0 saturated carbocycles. The number of ketones is 1. The number of hydrogen-bond donors (Lipinski definition) is 1. The number of rotatable bonds is 4. The van der Waals surface area contributed by atoms with E-state index < -0.39 is 29.6 Å². The average molecular weight is 264 g/mol. The van der Waals surface area contributed by atoms with Crippen molar-refractivity contribution in [1.29, 1.82) is 0 Å². The van der Waals surface area contributed by atoms with Crippen LogP contribution >= 0.6 is 0 Å². The van der Waals surface area contributed by atoms with Gasteiger partial charge in [-0.1, -0.05) is 12.1 Å². The van der Waals surface area contributed by atoms with Crippen LogP contribution in [0.25, 0.3) is 0 Å². The zero-order valence-corrected chi connectivity index (χ0v) is 10.4. The molecule has 100 valence electrons. The molecular formula is C13H12O6. The number of esters is 2. The minimum Gasteiger partial charge on any atom is -0.478 e. The molecule has 0 saturated heterocycles. The van der Waals surface area contributed by atoms with Crippen molar-refractivity contribution in [3.05, 3.63) is 35.4 Å². The maximum absolute atomic E-state index is 11.7. The van der Waals surface area contributed by atoms with Crippen molar-refractivity contribution in [2.45, 2.75) is 13.8 Å². The lowest BCUT2D eigenvalue weighted by Gasteiger charge is -2.08. The van der Waals surface area contributed by atoms with Gasteiger partial charge in [0.25, 0.3) is 0 Å². The van der Waals surface area contributed by atoms with Crippen LogP contribution in [0.4, 0.5) is 0 Å². The molecule has 1 unspecified atom stereocenters. The zero-order valence-electron chi connectivity index (χ0n) is 10.4. The molecule has 1 N–H and O–H groups in total. The van der Waals surface area contributed by atoms with Crippen molar-refractivity contribution in [1.82, 2.24) is 0 Å². The van der Waals surface area contributed by atoms with Crippen molar-refractivity contribution in [2.24, 2.45) is 5.92 Å². The highest BCUT2D eigenvalue weighted by molar-refractivity contribution is 6.08. The van der Waals surface area contributed by atoms with Gasteiger partial charge in [-0.3, -0.25) is 9.59 Å². The van der Waals surface area contributed by atoms with E-state index in [0.717, 1.165) is 0 Å². The zero-order chi connectivity index (χ0) is 14.6. The number of ether oxygens (including phenoxy) is 1. The highest BCUT2D eigenvalue weighted by atomic mass is 16.6. The first-order chi connectivity index (χ1) is 8.84. The molecule has 0 radical (unpaired) electrons. The Balaban J connectivity index is 2.94. The Morgan fingerprint density at radius 2 is 1.63 bits per heavy atom. The van der Waals surface area contributed by atoms with Crippen molar-refractivity contribution in [2.75, 3.05) is 0 Å². The fraction of sp³-hybridized carbons (Fsp3) is 0.231. The summed E-state index contributed by atoms with van der Waals surface area (Å²) in [5.41, 5.74) is -0.505. The van der Waals surface area contributed by atoms with Gasteiger partial charge in [0.2, 0.25) is 0 Å². The van der Waals surface area contributed by atoms with Gasteiger partial charge < -0.3 is 9.84 Å². The predicted octanol–water partition coefficient (Wildman–Crippen LogP) is 1.29. The van der Waals surface area contributed by atoms with Crippen LogP contribution in [0, 0.1) is 5.92 Å². The monoisotopic (exact) mass is 264 g/mol. The summed E-state index contributed by atoms with van der Waals surface area (Å²) in [6.07, 6.45) is 0. The lowest BCUT2D eigenvalue weighted by atomic mass is 10.1. The summed E-state index contributed by atoms with van der Waals surface area (Å²) >= 11 is 0. The molecule has 1 aromatic rings. The van der Waals surface area contributed by atoms with Gasteiger partial charge in [0.15, 0.2) is 0 Å². The molecule has 19 heavy (non-hydrogen) atoms. The average Bonchev–Trinajstić information content (AvgIpc) is 2.37. The first kappa shape index (κ1) is 14.6. The first-order valence-electron chi connectivity index (χ1n) is 5.43. The van der Waals surface area contributed by atoms with Crippen LogP contribution in [-0.2, 0) is 14.3 Å². The highest BCUT2D eigenvalue weighted by Crippen LogP contribution is 2.12. The molecule has 6 nitrogen and oxygen atoms in total. The summed E-state index contributed by atoms with van der Waals surface area (Å²) in [6, 6.07) is 5.34. The van der Waals surface area contributed by atoms with E-state index in [4.69, 9.17) is 5.11 Å². The molecule has 0 aliphatic heterocycles. The first-order valence-corrected chi connectivity index (χ1v) is 5.43. The Hall–Kier alpha value is -2.50. The molecule has 1 rings (SSSR count). The number of aromatic carboxylic acids is 1. The Labute approximate surface area is 109 Å². The van der Waals surface area contributed by atoms with Crippen molar-refractivity contribution in [3.63, 3.8) is 0 Å². The summed E-state index contributed by atoms with van der Waals surface area (Å²) < 4.78 is 4.49. The van der Waals surface area contributed by atoms with Crippen LogP contribution in [0.15, 0.2) is 24.3 Å². The molecule has 0 spiro atoms. The third-order valence-corrected chi connectivity index (χ3v) is 2.53. The van der Waals surface area contributed by atoms with E-state index in [1.807, 2.05) is 0 Å². The van der Waals surface area contributed by atoms with Gasteiger partial charge in [-0.05, 0) is 26.0 Å². The van der Waals surface area contributed by atoms with E-state index in [1.165, 1.54) is 38.1 Å². The van der Waals surface area contributed by atoms with E-state index in [-0.39, 0.29) is 11.1 Å². The Bertz CT molecular complexity index is 546. The summed E-state index contributed by atoms with van der Waals surface area (Å²) in [4.78, 5) is 45.0. The molecule has 0 aliphatic carbocycles. The Morgan fingerprint density at radius 1 is 1.11 bits per heavy atom. The topological polar surface area (TPSA) is 97.7 Å². The van der Waals surface area contributed by atoms with Crippen molar-refractivity contribution >= 4 is 23.7 Å². The molecule has 6 heteroatoms. The predicted molar refractivity (Wildman–Crippen MR) is 63.7 cm³/mol. The summed E-state index contributed by atoms with van der Waals surface area (Å²) in [6.45, 7) is 2.50. The Kier molecular flexibility index (Phi) is 4.52. The summed E-state index contributed by atoms with van der Waals surface area (Å²) in [7, 11) is 0. The van der Waals surface area contributed by atoms with Crippen LogP contribution in [0.1, 0.15) is 34.6 Å². The highest BCUT2D eigenvalue weighted by Gasteiger charge is 2.25. The van der Waals surface area contributed by atoms with Gasteiger partial charge in [-0.15, -0.1) is 0 Å². The van der Waals surface area contributed by atoms with E-state index in [9.17, 15) is 19.2 Å². The molecule has 0 bridgehead atoms. The van der Waals surface area contributed by atoms with Gasteiger partial charge in [-0.2, -0.15) is 0 Å². The second kappa shape index (κ2) is 5.90.